The van der Waals surface area contributed by atoms with Gasteiger partial charge in [-0.3, -0.25) is 4.79 Å². The van der Waals surface area contributed by atoms with Crippen LogP contribution in [0.25, 0.3) is 10.9 Å². The van der Waals surface area contributed by atoms with E-state index in [2.05, 4.69) is 4.98 Å². The van der Waals surface area contributed by atoms with Crippen molar-refractivity contribution in [2.45, 2.75) is 19.9 Å². The molecule has 6 heteroatoms. The number of fused-ring (bicyclic) bond motifs is 1. The maximum Gasteiger partial charge on any atom is 0.329 e. The van der Waals surface area contributed by atoms with Gasteiger partial charge in [-0.1, -0.05) is 26.0 Å². The Morgan fingerprint density at radius 1 is 1.26 bits per heavy atom. The van der Waals surface area contributed by atoms with Crippen LogP contribution in [0.1, 0.15) is 19.9 Å². The first-order chi connectivity index (χ1) is 8.93. The molecule has 19 heavy (non-hydrogen) atoms. The Hall–Kier alpha value is -2.37. The van der Waals surface area contributed by atoms with Gasteiger partial charge < -0.3 is 10.1 Å². The number of aliphatic carboxylic acids is 1. The molecule has 1 unspecified atom stereocenters. The summed E-state index contributed by atoms with van der Waals surface area (Å²) < 4.78 is 0.773. The minimum Gasteiger partial charge on any atom is -0.480 e. The highest BCUT2D eigenvalue weighted by Crippen LogP contribution is 2.15. The van der Waals surface area contributed by atoms with Gasteiger partial charge in [-0.05, 0) is 18.1 Å². The van der Waals surface area contributed by atoms with Crippen LogP contribution in [0.4, 0.5) is 0 Å². The van der Waals surface area contributed by atoms with Crippen LogP contribution in [0, 0.1) is 5.92 Å². The van der Waals surface area contributed by atoms with Gasteiger partial charge in [0.25, 0.3) is 5.56 Å². The summed E-state index contributed by atoms with van der Waals surface area (Å²) in [6.45, 7) is 3.31. The Morgan fingerprint density at radius 2 is 1.89 bits per heavy atom. The minimum absolute atomic E-state index is 0.300. The van der Waals surface area contributed by atoms with Crippen LogP contribution < -0.4 is 11.2 Å². The smallest absolute Gasteiger partial charge is 0.329 e. The molecule has 1 aromatic heterocycles. The van der Waals surface area contributed by atoms with Gasteiger partial charge >= 0.3 is 11.7 Å². The second-order valence-corrected chi connectivity index (χ2v) is 4.68. The van der Waals surface area contributed by atoms with Crippen molar-refractivity contribution in [3.63, 3.8) is 0 Å². The molecular formula is C13H14N2O4. The topological polar surface area (TPSA) is 92.2 Å². The van der Waals surface area contributed by atoms with Crippen LogP contribution in [0.2, 0.25) is 0 Å². The van der Waals surface area contributed by atoms with Crippen LogP contribution >= 0.6 is 0 Å². The van der Waals surface area contributed by atoms with Gasteiger partial charge in [0.1, 0.15) is 6.04 Å². The van der Waals surface area contributed by atoms with Gasteiger partial charge in [-0.25, -0.2) is 14.2 Å². The normalized spacial score (nSPS) is 12.8. The van der Waals surface area contributed by atoms with E-state index >= 15 is 0 Å². The lowest BCUT2D eigenvalue weighted by atomic mass is 10.0. The third kappa shape index (κ3) is 2.16. The van der Waals surface area contributed by atoms with Crippen molar-refractivity contribution in [3.05, 3.63) is 45.1 Å². The summed E-state index contributed by atoms with van der Waals surface area (Å²) in [7, 11) is 0. The van der Waals surface area contributed by atoms with Gasteiger partial charge in [0.15, 0.2) is 0 Å². The molecule has 6 nitrogen and oxygen atoms in total. The highest BCUT2D eigenvalue weighted by atomic mass is 16.4. The van der Waals surface area contributed by atoms with Crippen molar-refractivity contribution in [1.82, 2.24) is 9.55 Å². The molecule has 0 spiro atoms. The molecule has 2 rings (SSSR count). The number of aromatic nitrogens is 2. The third-order valence-electron chi connectivity index (χ3n) is 3.00. The quantitative estimate of drug-likeness (QED) is 0.862. The molecule has 0 radical (unpaired) electrons. The van der Waals surface area contributed by atoms with E-state index in [9.17, 15) is 19.5 Å². The fourth-order valence-electron chi connectivity index (χ4n) is 2.12. The highest BCUT2D eigenvalue weighted by Gasteiger charge is 2.27. The second kappa shape index (κ2) is 4.72. The zero-order chi connectivity index (χ0) is 14.2. The standard InChI is InChI=1S/C13H14N2O4/c1-7(2)10(12(17)18)15-11(16)8-5-3-4-6-9(8)14-13(15)19/h3-7,10H,1-2H3,(H,14,19)(H,17,18). The molecule has 0 aliphatic rings. The molecule has 1 atom stereocenters. The first kappa shape index (κ1) is 13.1. The van der Waals surface area contributed by atoms with E-state index in [0.717, 1.165) is 4.57 Å². The summed E-state index contributed by atoms with van der Waals surface area (Å²) in [5.74, 6) is -1.57. The summed E-state index contributed by atoms with van der Waals surface area (Å²) in [4.78, 5) is 38.0. The average molecular weight is 262 g/mol. The van der Waals surface area contributed by atoms with Gasteiger partial charge in [0, 0.05) is 0 Å². The number of benzene rings is 1. The zero-order valence-corrected chi connectivity index (χ0v) is 10.6. The molecule has 1 heterocycles. The highest BCUT2D eigenvalue weighted by molar-refractivity contribution is 5.78. The van der Waals surface area contributed by atoms with E-state index in [4.69, 9.17) is 0 Å². The second-order valence-electron chi connectivity index (χ2n) is 4.68. The number of aromatic amines is 1. The van der Waals surface area contributed by atoms with Crippen molar-refractivity contribution >= 4 is 16.9 Å². The Balaban J connectivity index is 2.84. The first-order valence-electron chi connectivity index (χ1n) is 5.90. The molecule has 100 valence electrons. The Bertz CT molecular complexity index is 742. The van der Waals surface area contributed by atoms with Crippen molar-refractivity contribution < 1.29 is 9.90 Å². The Morgan fingerprint density at radius 3 is 2.47 bits per heavy atom. The average Bonchev–Trinajstić information content (AvgIpc) is 2.33. The van der Waals surface area contributed by atoms with Crippen molar-refractivity contribution in [2.75, 3.05) is 0 Å². The van der Waals surface area contributed by atoms with E-state index in [0.29, 0.717) is 10.9 Å². The summed E-state index contributed by atoms with van der Waals surface area (Å²) in [5, 5.41) is 9.51. The molecule has 0 bridgehead atoms. The molecule has 0 aliphatic heterocycles. The van der Waals surface area contributed by atoms with Gasteiger partial charge in [0.2, 0.25) is 0 Å². The van der Waals surface area contributed by atoms with E-state index in [1.165, 1.54) is 0 Å². The number of hydrogen-bond donors (Lipinski definition) is 2. The van der Waals surface area contributed by atoms with Crippen molar-refractivity contribution in [3.8, 4) is 0 Å². The number of carboxylic acid groups (broad SMARTS) is 1. The van der Waals surface area contributed by atoms with E-state index in [-0.39, 0.29) is 5.92 Å². The number of para-hydroxylation sites is 1. The number of carboxylic acids is 1. The number of rotatable bonds is 3. The van der Waals surface area contributed by atoms with Crippen molar-refractivity contribution in [2.24, 2.45) is 5.92 Å². The SMILES string of the molecule is CC(C)C(C(=O)O)n1c(=O)[nH]c2ccccc2c1=O. The molecule has 0 saturated carbocycles. The number of H-pyrrole nitrogens is 1. The van der Waals surface area contributed by atoms with Crippen LogP contribution in [0.15, 0.2) is 33.9 Å². The fourth-order valence-corrected chi connectivity index (χ4v) is 2.12. The molecule has 1 aromatic carbocycles. The van der Waals surface area contributed by atoms with E-state index in [1.807, 2.05) is 0 Å². The maximum atomic E-state index is 12.3. The van der Waals surface area contributed by atoms with Gasteiger partial charge in [-0.15, -0.1) is 0 Å². The molecule has 0 aliphatic carbocycles. The fraction of sp³-hybridized carbons (Fsp3) is 0.308. The predicted octanol–water partition coefficient (Wildman–Crippen LogP) is 0.971. The number of nitrogens with one attached hydrogen (secondary N) is 1. The summed E-state index contributed by atoms with van der Waals surface area (Å²) in [6.07, 6.45) is 0. The van der Waals surface area contributed by atoms with Crippen LogP contribution in [-0.2, 0) is 4.79 Å². The van der Waals surface area contributed by atoms with Crippen molar-refractivity contribution in [1.29, 1.82) is 0 Å². The summed E-state index contributed by atoms with van der Waals surface area (Å²) in [5.41, 5.74) is -0.883. The zero-order valence-electron chi connectivity index (χ0n) is 10.6. The van der Waals surface area contributed by atoms with Gasteiger partial charge in [-0.2, -0.15) is 0 Å². The molecule has 0 fully saturated rings. The monoisotopic (exact) mass is 262 g/mol. The first-order valence-corrected chi connectivity index (χ1v) is 5.90. The Labute approximate surface area is 108 Å². The van der Waals surface area contributed by atoms with Crippen LogP contribution in [0.3, 0.4) is 0 Å². The lowest BCUT2D eigenvalue weighted by Crippen LogP contribution is -2.42. The molecule has 2 N–H and O–H groups in total. The summed E-state index contributed by atoms with van der Waals surface area (Å²) >= 11 is 0. The predicted molar refractivity (Wildman–Crippen MR) is 70.3 cm³/mol. The number of hydrogen-bond acceptors (Lipinski definition) is 3. The lowest BCUT2D eigenvalue weighted by molar-refractivity contribution is -0.142. The lowest BCUT2D eigenvalue weighted by Gasteiger charge is -2.18. The largest absolute Gasteiger partial charge is 0.480 e. The number of nitrogens with zero attached hydrogens (tertiary/aromatic N) is 1. The minimum atomic E-state index is -1.20. The summed E-state index contributed by atoms with van der Waals surface area (Å²) in [6, 6.07) is 5.34. The Kier molecular flexibility index (Phi) is 3.25. The molecule has 0 amide bonds. The maximum absolute atomic E-state index is 12.3. The molecule has 0 saturated heterocycles. The van der Waals surface area contributed by atoms with E-state index < -0.39 is 23.3 Å². The third-order valence-corrected chi connectivity index (χ3v) is 3.00. The van der Waals surface area contributed by atoms with Crippen LogP contribution in [-0.4, -0.2) is 20.6 Å². The molecule has 2 aromatic rings. The van der Waals surface area contributed by atoms with E-state index in [1.54, 1.807) is 38.1 Å². The number of carbonyl (C=O) groups is 1. The molecular weight excluding hydrogens is 248 g/mol. The van der Waals surface area contributed by atoms with Crippen LogP contribution in [0.5, 0.6) is 0 Å². The van der Waals surface area contributed by atoms with Gasteiger partial charge in [0.05, 0.1) is 10.9 Å².